The number of benzene rings is 1. The fourth-order valence-electron chi connectivity index (χ4n) is 2.82. The monoisotopic (exact) mass is 371 g/mol. The van der Waals surface area contributed by atoms with E-state index in [1.165, 1.54) is 0 Å². The molecule has 2 aromatic rings. The van der Waals surface area contributed by atoms with E-state index in [2.05, 4.69) is 10.3 Å². The van der Waals surface area contributed by atoms with Crippen LogP contribution in [0.15, 0.2) is 42.6 Å². The number of rotatable bonds is 7. The van der Waals surface area contributed by atoms with Crippen LogP contribution in [0.25, 0.3) is 0 Å². The summed E-state index contributed by atoms with van der Waals surface area (Å²) in [6.07, 6.45) is 2.73. The van der Waals surface area contributed by atoms with Crippen molar-refractivity contribution in [3.8, 4) is 17.4 Å². The number of carbonyl (C=O) groups is 1. The first-order valence-corrected chi connectivity index (χ1v) is 9.10. The number of ether oxygens (including phenoxy) is 3. The number of amides is 1. The summed E-state index contributed by atoms with van der Waals surface area (Å²) in [4.78, 5) is 16.7. The quantitative estimate of drug-likeness (QED) is 0.776. The molecule has 3 rings (SSSR count). The van der Waals surface area contributed by atoms with Gasteiger partial charge in [-0.25, -0.2) is 4.98 Å². The van der Waals surface area contributed by atoms with Gasteiger partial charge in [0.25, 0.3) is 0 Å². The Morgan fingerprint density at radius 2 is 1.96 bits per heavy atom. The minimum atomic E-state index is -0.849. The first kappa shape index (κ1) is 19.1. The molecule has 144 valence electrons. The van der Waals surface area contributed by atoms with E-state index >= 15 is 0 Å². The van der Waals surface area contributed by atoms with Gasteiger partial charge in [-0.2, -0.15) is 0 Å². The lowest BCUT2D eigenvalue weighted by Gasteiger charge is -2.31. The van der Waals surface area contributed by atoms with Crippen LogP contribution in [0, 0.1) is 0 Å². The van der Waals surface area contributed by atoms with Crippen molar-refractivity contribution in [2.24, 2.45) is 5.73 Å². The van der Waals surface area contributed by atoms with Gasteiger partial charge in [-0.1, -0.05) is 18.2 Å². The summed E-state index contributed by atoms with van der Waals surface area (Å²) in [6, 6.07) is 11.1. The van der Waals surface area contributed by atoms with Gasteiger partial charge >= 0.3 is 0 Å². The first-order chi connectivity index (χ1) is 13.1. The number of aromatic nitrogens is 1. The zero-order valence-electron chi connectivity index (χ0n) is 15.4. The number of para-hydroxylation sites is 2. The minimum absolute atomic E-state index is 0.156. The van der Waals surface area contributed by atoms with E-state index in [1.807, 2.05) is 37.3 Å². The molecule has 1 aliphatic rings. The second-order valence-corrected chi connectivity index (χ2v) is 6.44. The second kappa shape index (κ2) is 8.83. The van der Waals surface area contributed by atoms with E-state index in [4.69, 9.17) is 19.9 Å². The third-order valence-corrected chi connectivity index (χ3v) is 4.45. The van der Waals surface area contributed by atoms with Crippen LogP contribution >= 0.6 is 0 Å². The van der Waals surface area contributed by atoms with Crippen molar-refractivity contribution >= 4 is 5.91 Å². The summed E-state index contributed by atoms with van der Waals surface area (Å²) in [5, 5.41) is 2.88. The van der Waals surface area contributed by atoms with E-state index in [-0.39, 0.29) is 5.91 Å². The lowest BCUT2D eigenvalue weighted by molar-refractivity contribution is -0.129. The largest absolute Gasteiger partial charge is 0.490 e. The Morgan fingerprint density at radius 3 is 2.63 bits per heavy atom. The maximum Gasteiger partial charge on any atom is 0.240 e. The average molecular weight is 371 g/mol. The minimum Gasteiger partial charge on any atom is -0.490 e. The molecule has 3 N–H and O–H groups in total. The number of hydrogen-bond donors (Lipinski definition) is 2. The van der Waals surface area contributed by atoms with Crippen LogP contribution in [-0.4, -0.2) is 36.3 Å². The number of nitrogens with two attached hydrogens (primary N) is 1. The molecule has 0 radical (unpaired) electrons. The summed E-state index contributed by atoms with van der Waals surface area (Å²) in [6.45, 7) is 3.87. The van der Waals surface area contributed by atoms with Crippen LogP contribution in [0.4, 0.5) is 0 Å². The van der Waals surface area contributed by atoms with Gasteiger partial charge in [-0.05, 0) is 37.5 Å². The van der Waals surface area contributed by atoms with Crippen molar-refractivity contribution in [3.63, 3.8) is 0 Å². The molecule has 0 aliphatic carbocycles. The Balaban J connectivity index is 1.57. The Bertz CT molecular complexity index is 758. The topological polar surface area (TPSA) is 95.7 Å². The maximum atomic E-state index is 12.3. The standard InChI is InChI=1S/C20H25N3O4/c1-2-26-16-5-3-4-6-17(16)27-18-8-7-15(13-22-18)14-23-19(24)20(21)9-11-25-12-10-20/h3-8,13H,2,9-12,14,21H2,1H3,(H,23,24). The number of nitrogens with zero attached hydrogens (tertiary/aromatic N) is 1. The maximum absolute atomic E-state index is 12.3. The van der Waals surface area contributed by atoms with E-state index < -0.39 is 5.54 Å². The highest BCUT2D eigenvalue weighted by atomic mass is 16.5. The molecule has 0 spiro atoms. The number of hydrogen-bond acceptors (Lipinski definition) is 6. The highest BCUT2D eigenvalue weighted by molar-refractivity contribution is 5.86. The Kier molecular flexibility index (Phi) is 6.26. The molecule has 2 heterocycles. The molecule has 1 aromatic carbocycles. The van der Waals surface area contributed by atoms with Gasteiger partial charge in [0.15, 0.2) is 11.5 Å². The van der Waals surface area contributed by atoms with Crippen LogP contribution in [0.1, 0.15) is 25.3 Å². The van der Waals surface area contributed by atoms with Crippen LogP contribution in [-0.2, 0) is 16.1 Å². The summed E-state index contributed by atoms with van der Waals surface area (Å²) >= 11 is 0. The number of carbonyl (C=O) groups excluding carboxylic acids is 1. The molecule has 1 aliphatic heterocycles. The van der Waals surface area contributed by atoms with Gasteiger partial charge in [0, 0.05) is 32.0 Å². The SMILES string of the molecule is CCOc1ccccc1Oc1ccc(CNC(=O)C2(N)CCOCC2)cn1. The Hall–Kier alpha value is -2.64. The average Bonchev–Trinajstić information content (AvgIpc) is 2.69. The zero-order valence-corrected chi connectivity index (χ0v) is 15.4. The molecule has 0 atom stereocenters. The van der Waals surface area contributed by atoms with E-state index in [0.29, 0.717) is 56.6 Å². The fourth-order valence-corrected chi connectivity index (χ4v) is 2.82. The molecule has 0 saturated carbocycles. The molecule has 7 nitrogen and oxygen atoms in total. The predicted molar refractivity (Wildman–Crippen MR) is 101 cm³/mol. The lowest BCUT2D eigenvalue weighted by atomic mass is 9.90. The summed E-state index contributed by atoms with van der Waals surface area (Å²) in [5.74, 6) is 1.58. The smallest absolute Gasteiger partial charge is 0.240 e. The highest BCUT2D eigenvalue weighted by Crippen LogP contribution is 2.30. The fraction of sp³-hybridized carbons (Fsp3) is 0.400. The number of nitrogens with one attached hydrogen (secondary N) is 1. The molecule has 0 unspecified atom stereocenters. The van der Waals surface area contributed by atoms with Crippen molar-refractivity contribution < 1.29 is 19.0 Å². The molecule has 7 heteroatoms. The van der Waals surface area contributed by atoms with Gasteiger partial charge in [0.1, 0.15) is 0 Å². The molecule has 1 saturated heterocycles. The molecule has 1 amide bonds. The third kappa shape index (κ3) is 4.96. The highest BCUT2D eigenvalue weighted by Gasteiger charge is 2.35. The first-order valence-electron chi connectivity index (χ1n) is 9.10. The third-order valence-electron chi connectivity index (χ3n) is 4.45. The molecule has 27 heavy (non-hydrogen) atoms. The molecular formula is C20H25N3O4. The van der Waals surface area contributed by atoms with Crippen molar-refractivity contribution in [2.45, 2.75) is 31.8 Å². The van der Waals surface area contributed by atoms with Crippen molar-refractivity contribution in [1.82, 2.24) is 10.3 Å². The van der Waals surface area contributed by atoms with E-state index in [0.717, 1.165) is 5.56 Å². The molecule has 1 fully saturated rings. The summed E-state index contributed by atoms with van der Waals surface area (Å²) in [5.41, 5.74) is 6.19. The van der Waals surface area contributed by atoms with Crippen LogP contribution in [0.5, 0.6) is 17.4 Å². The van der Waals surface area contributed by atoms with Gasteiger partial charge in [-0.15, -0.1) is 0 Å². The van der Waals surface area contributed by atoms with Crippen LogP contribution < -0.4 is 20.5 Å². The van der Waals surface area contributed by atoms with Crippen molar-refractivity contribution in [2.75, 3.05) is 19.8 Å². The molecule has 0 bridgehead atoms. The van der Waals surface area contributed by atoms with Gasteiger partial charge < -0.3 is 25.3 Å². The van der Waals surface area contributed by atoms with E-state index in [1.54, 1.807) is 12.3 Å². The normalized spacial score (nSPS) is 15.8. The Labute approximate surface area is 158 Å². The van der Waals surface area contributed by atoms with Gasteiger partial charge in [0.05, 0.1) is 12.1 Å². The zero-order chi connectivity index (χ0) is 19.1. The summed E-state index contributed by atoms with van der Waals surface area (Å²) in [7, 11) is 0. The van der Waals surface area contributed by atoms with Crippen LogP contribution in [0.2, 0.25) is 0 Å². The summed E-state index contributed by atoms with van der Waals surface area (Å²) < 4.78 is 16.6. The number of pyridine rings is 1. The van der Waals surface area contributed by atoms with Crippen LogP contribution in [0.3, 0.4) is 0 Å². The Morgan fingerprint density at radius 1 is 1.22 bits per heavy atom. The van der Waals surface area contributed by atoms with Gasteiger partial charge in [-0.3, -0.25) is 4.79 Å². The molecule has 1 aromatic heterocycles. The molecular weight excluding hydrogens is 346 g/mol. The lowest BCUT2D eigenvalue weighted by Crippen LogP contribution is -2.56. The van der Waals surface area contributed by atoms with E-state index in [9.17, 15) is 4.79 Å². The van der Waals surface area contributed by atoms with Crippen molar-refractivity contribution in [3.05, 3.63) is 48.2 Å². The second-order valence-electron chi connectivity index (χ2n) is 6.44. The van der Waals surface area contributed by atoms with Crippen molar-refractivity contribution in [1.29, 1.82) is 0 Å². The van der Waals surface area contributed by atoms with Gasteiger partial charge in [0.2, 0.25) is 11.8 Å². The predicted octanol–water partition coefficient (Wildman–Crippen LogP) is 2.40.